The molecule has 1 aliphatic heterocycles. The molecule has 2 bridgehead atoms. The smallest absolute Gasteiger partial charge is 0.251 e. The van der Waals surface area contributed by atoms with E-state index in [-0.39, 0.29) is 17.5 Å². The molecule has 35 heavy (non-hydrogen) atoms. The van der Waals surface area contributed by atoms with E-state index in [0.29, 0.717) is 23.3 Å². The molecule has 4 fully saturated rings. The summed E-state index contributed by atoms with van der Waals surface area (Å²) in [6.45, 7) is 2.36. The first-order chi connectivity index (χ1) is 17.2. The Bertz CT molecular complexity index is 1080. The average Bonchev–Trinajstić information content (AvgIpc) is 2.95. The van der Waals surface area contributed by atoms with Crippen LogP contribution in [-0.4, -0.2) is 40.5 Å². The van der Waals surface area contributed by atoms with Crippen molar-refractivity contribution in [2.45, 2.75) is 61.9 Å². The average molecular weight is 466 g/mol. The standard InChI is InChI=1S/C31H35N3O/c35-30(25-14-16-32-17-15-25)33-28-22-31(34-18-8-3-9-19-34)20-26(23-10-4-1-5-11-23)29(28)27(21-31)24-12-6-2-7-13-24/h1-2,4-7,10-17,26-29H,3,8-9,18-22H2,(H,33,35)/t26-,27-,28-,29?,31?/m0/s1. The summed E-state index contributed by atoms with van der Waals surface area (Å²) in [5.74, 6) is 1.25. The van der Waals surface area contributed by atoms with Gasteiger partial charge < -0.3 is 5.32 Å². The van der Waals surface area contributed by atoms with Crippen LogP contribution in [0.1, 0.15) is 71.8 Å². The Kier molecular flexibility index (Phi) is 6.15. The number of aromatic nitrogens is 1. The SMILES string of the molecule is O=C(N[C@H]1CC2(N3CCCCC3)C[C@@H](c3ccccc3)C1[C@H](c1ccccc1)C2)c1ccncc1. The van der Waals surface area contributed by atoms with Gasteiger partial charge in [-0.1, -0.05) is 67.1 Å². The summed E-state index contributed by atoms with van der Waals surface area (Å²) < 4.78 is 0. The van der Waals surface area contributed by atoms with Gasteiger partial charge >= 0.3 is 0 Å². The number of pyridine rings is 1. The molecule has 4 aliphatic rings. The van der Waals surface area contributed by atoms with Crippen molar-refractivity contribution in [3.05, 3.63) is 102 Å². The highest BCUT2D eigenvalue weighted by molar-refractivity contribution is 5.94. The predicted octanol–water partition coefficient (Wildman–Crippen LogP) is 5.79. The van der Waals surface area contributed by atoms with Gasteiger partial charge in [0.15, 0.2) is 0 Å². The molecule has 1 amide bonds. The van der Waals surface area contributed by atoms with E-state index >= 15 is 0 Å². The lowest BCUT2D eigenvalue weighted by Gasteiger charge is -2.62. The first kappa shape index (κ1) is 22.5. The fourth-order valence-corrected chi connectivity index (χ4v) is 7.47. The number of fused-ring (bicyclic) bond motifs is 3. The number of amides is 1. The maximum absolute atomic E-state index is 13.4. The number of likely N-dealkylation sites (tertiary alicyclic amines) is 1. The first-order valence-electron chi connectivity index (χ1n) is 13.3. The number of carbonyl (C=O) groups excluding carboxylic acids is 1. The number of hydrogen-bond acceptors (Lipinski definition) is 3. The van der Waals surface area contributed by atoms with Crippen molar-refractivity contribution < 1.29 is 4.79 Å². The Morgan fingerprint density at radius 1 is 0.771 bits per heavy atom. The third-order valence-corrected chi connectivity index (χ3v) is 8.93. The summed E-state index contributed by atoms with van der Waals surface area (Å²) in [5, 5.41) is 3.54. The van der Waals surface area contributed by atoms with Gasteiger partial charge in [0.05, 0.1) is 0 Å². The van der Waals surface area contributed by atoms with Crippen molar-refractivity contribution in [2.24, 2.45) is 5.92 Å². The van der Waals surface area contributed by atoms with Gasteiger partial charge in [-0.05, 0) is 86.2 Å². The highest BCUT2D eigenvalue weighted by atomic mass is 16.1. The summed E-state index contributed by atoms with van der Waals surface area (Å²) in [4.78, 5) is 20.3. The summed E-state index contributed by atoms with van der Waals surface area (Å²) >= 11 is 0. The quantitative estimate of drug-likeness (QED) is 0.519. The molecule has 2 heterocycles. The predicted molar refractivity (Wildman–Crippen MR) is 139 cm³/mol. The monoisotopic (exact) mass is 465 g/mol. The van der Waals surface area contributed by atoms with Gasteiger partial charge in [-0.3, -0.25) is 14.7 Å². The summed E-state index contributed by atoms with van der Waals surface area (Å²) in [5.41, 5.74) is 3.65. The molecule has 0 radical (unpaired) electrons. The van der Waals surface area contributed by atoms with Crippen LogP contribution in [0.2, 0.25) is 0 Å². The maximum Gasteiger partial charge on any atom is 0.251 e. The minimum Gasteiger partial charge on any atom is -0.349 e. The molecule has 7 rings (SSSR count). The van der Waals surface area contributed by atoms with E-state index < -0.39 is 0 Å². The van der Waals surface area contributed by atoms with Gasteiger partial charge in [0.2, 0.25) is 0 Å². The third-order valence-electron chi connectivity index (χ3n) is 8.93. The number of nitrogens with zero attached hydrogens (tertiary/aromatic N) is 2. The molecule has 2 aromatic carbocycles. The normalized spacial score (nSPS) is 30.6. The minimum absolute atomic E-state index is 0.0253. The van der Waals surface area contributed by atoms with Gasteiger partial charge in [-0.15, -0.1) is 0 Å². The molecule has 0 spiro atoms. The number of piperidine rings is 1. The van der Waals surface area contributed by atoms with Crippen LogP contribution in [-0.2, 0) is 0 Å². The van der Waals surface area contributed by atoms with Gasteiger partial charge in [-0.25, -0.2) is 0 Å². The Morgan fingerprint density at radius 3 is 1.91 bits per heavy atom. The number of carbonyl (C=O) groups is 1. The molecule has 180 valence electrons. The van der Waals surface area contributed by atoms with Crippen LogP contribution in [0.4, 0.5) is 0 Å². The molecule has 1 saturated heterocycles. The van der Waals surface area contributed by atoms with Crippen molar-refractivity contribution in [2.75, 3.05) is 13.1 Å². The molecule has 4 nitrogen and oxygen atoms in total. The molecule has 3 saturated carbocycles. The Labute approximate surface area is 208 Å². The number of rotatable bonds is 5. The van der Waals surface area contributed by atoms with Crippen LogP contribution in [0.5, 0.6) is 0 Å². The van der Waals surface area contributed by atoms with Gasteiger partial charge in [0, 0.05) is 29.5 Å². The van der Waals surface area contributed by atoms with Crippen LogP contribution in [0, 0.1) is 5.92 Å². The van der Waals surface area contributed by atoms with E-state index in [0.717, 1.165) is 6.42 Å². The lowest BCUT2D eigenvalue weighted by atomic mass is 9.51. The molecular weight excluding hydrogens is 430 g/mol. The first-order valence-corrected chi connectivity index (χ1v) is 13.3. The van der Waals surface area contributed by atoms with Crippen LogP contribution < -0.4 is 5.32 Å². The molecule has 1 N–H and O–H groups in total. The van der Waals surface area contributed by atoms with Crippen molar-refractivity contribution in [3.63, 3.8) is 0 Å². The zero-order chi connectivity index (χ0) is 23.7. The third kappa shape index (κ3) is 4.29. The highest BCUT2D eigenvalue weighted by Gasteiger charge is 2.58. The number of nitrogens with one attached hydrogen (secondary N) is 1. The largest absolute Gasteiger partial charge is 0.349 e. The second-order valence-electron chi connectivity index (χ2n) is 10.8. The van der Waals surface area contributed by atoms with Crippen molar-refractivity contribution in [1.82, 2.24) is 15.2 Å². The Balaban J connectivity index is 1.43. The molecule has 3 aliphatic carbocycles. The van der Waals surface area contributed by atoms with E-state index in [9.17, 15) is 4.79 Å². The zero-order valence-corrected chi connectivity index (χ0v) is 20.4. The fraction of sp³-hybridized carbons (Fsp3) is 0.419. The molecular formula is C31H35N3O. The minimum atomic E-state index is 0.0253. The second kappa shape index (κ2) is 9.58. The van der Waals surface area contributed by atoms with E-state index in [1.165, 1.54) is 56.3 Å². The van der Waals surface area contributed by atoms with E-state index in [1.807, 2.05) is 12.1 Å². The second-order valence-corrected chi connectivity index (χ2v) is 10.8. The molecule has 4 heteroatoms. The molecule has 1 aromatic heterocycles. The highest BCUT2D eigenvalue weighted by Crippen LogP contribution is 2.60. The lowest BCUT2D eigenvalue weighted by Crippen LogP contribution is -2.66. The molecule has 3 aromatic rings. The fourth-order valence-electron chi connectivity index (χ4n) is 7.47. The Morgan fingerprint density at radius 2 is 1.34 bits per heavy atom. The van der Waals surface area contributed by atoms with Crippen LogP contribution in [0.15, 0.2) is 85.2 Å². The molecule has 0 unspecified atom stereocenters. The number of hydrogen-bond donors (Lipinski definition) is 1. The van der Waals surface area contributed by atoms with Crippen LogP contribution in [0.25, 0.3) is 0 Å². The lowest BCUT2D eigenvalue weighted by molar-refractivity contribution is -0.0606. The van der Waals surface area contributed by atoms with E-state index in [4.69, 9.17) is 0 Å². The Hall–Kier alpha value is -2.98. The van der Waals surface area contributed by atoms with Crippen LogP contribution >= 0.6 is 0 Å². The number of benzene rings is 2. The summed E-state index contributed by atoms with van der Waals surface area (Å²) in [6, 6.07) is 25.9. The van der Waals surface area contributed by atoms with Gasteiger partial charge in [0.1, 0.15) is 0 Å². The van der Waals surface area contributed by atoms with Gasteiger partial charge in [-0.2, -0.15) is 0 Å². The van der Waals surface area contributed by atoms with Crippen molar-refractivity contribution >= 4 is 5.91 Å². The van der Waals surface area contributed by atoms with Crippen LogP contribution in [0.3, 0.4) is 0 Å². The molecule has 3 atom stereocenters. The summed E-state index contributed by atoms with van der Waals surface area (Å²) in [7, 11) is 0. The topological polar surface area (TPSA) is 45.2 Å². The maximum atomic E-state index is 13.4. The van der Waals surface area contributed by atoms with E-state index in [1.54, 1.807) is 12.4 Å². The van der Waals surface area contributed by atoms with Gasteiger partial charge in [0.25, 0.3) is 5.91 Å². The van der Waals surface area contributed by atoms with Crippen molar-refractivity contribution in [3.8, 4) is 0 Å². The zero-order valence-electron chi connectivity index (χ0n) is 20.4. The summed E-state index contributed by atoms with van der Waals surface area (Å²) in [6.07, 6.45) is 10.7. The van der Waals surface area contributed by atoms with E-state index in [2.05, 4.69) is 75.9 Å². The van der Waals surface area contributed by atoms with Crippen molar-refractivity contribution in [1.29, 1.82) is 0 Å².